The molecule has 0 aromatic carbocycles. The number of nitrogens with one attached hydrogen (secondary N) is 1. The monoisotopic (exact) mass is 163 g/mol. The molecule has 0 fully saturated rings. The molecule has 0 aliphatic rings. The molecule has 0 spiro atoms. The van der Waals surface area contributed by atoms with Crippen LogP contribution < -0.4 is 5.48 Å². The molecule has 1 atom stereocenters. The van der Waals surface area contributed by atoms with E-state index >= 15 is 0 Å². The summed E-state index contributed by atoms with van der Waals surface area (Å²) >= 11 is 0. The van der Waals surface area contributed by atoms with Gasteiger partial charge in [-0.1, -0.05) is 0 Å². The predicted molar refractivity (Wildman–Crippen MR) is 33.4 cm³/mol. The first-order valence-electron chi connectivity index (χ1n) is 1.75. The van der Waals surface area contributed by atoms with Crippen molar-refractivity contribution >= 4 is 44.2 Å². The van der Waals surface area contributed by atoms with Crippen molar-refractivity contribution in [2.45, 2.75) is 0 Å². The summed E-state index contributed by atoms with van der Waals surface area (Å²) in [5.74, 6) is 0. The molecule has 0 aromatic heterocycles. The van der Waals surface area contributed by atoms with Crippen LogP contribution in [0.2, 0.25) is 0 Å². The van der Waals surface area contributed by atoms with E-state index in [1.807, 2.05) is 0 Å². The Labute approximate surface area is 75.3 Å². The van der Waals surface area contributed by atoms with Crippen LogP contribution in [0.5, 0.6) is 0 Å². The van der Waals surface area contributed by atoms with Gasteiger partial charge in [0, 0.05) is 7.11 Å². The molecule has 0 saturated carbocycles. The maximum absolute atomic E-state index is 10.1. The summed E-state index contributed by atoms with van der Waals surface area (Å²) in [6.07, 6.45) is 0.265. The van der Waals surface area contributed by atoms with E-state index < -0.39 is 8.25 Å². The molecule has 0 radical (unpaired) electrons. The molecular formula is C2H7NNaO4P. The zero-order chi connectivity index (χ0) is 6.41. The van der Waals surface area contributed by atoms with Crippen molar-refractivity contribution in [3.05, 3.63) is 0 Å². The van der Waals surface area contributed by atoms with Gasteiger partial charge in [-0.25, -0.2) is 5.48 Å². The fourth-order valence-corrected chi connectivity index (χ4v) is 0.342. The Morgan fingerprint density at radius 2 is 2.22 bits per heavy atom. The first-order chi connectivity index (χ1) is 3.81. The fourth-order valence-electron chi connectivity index (χ4n) is 0.114. The minimum absolute atomic E-state index is 0. The van der Waals surface area contributed by atoms with Crippen LogP contribution in [-0.4, -0.2) is 43.1 Å². The summed E-state index contributed by atoms with van der Waals surface area (Å²) in [5, 5.41) is 0. The molecule has 50 valence electrons. The van der Waals surface area contributed by atoms with Crippen LogP contribution in [0.1, 0.15) is 0 Å². The van der Waals surface area contributed by atoms with Crippen molar-refractivity contribution in [1.29, 1.82) is 0 Å². The van der Waals surface area contributed by atoms with Crippen LogP contribution in [-0.2, 0) is 18.5 Å². The van der Waals surface area contributed by atoms with Gasteiger partial charge in [0.1, 0.15) is 0 Å². The van der Waals surface area contributed by atoms with Gasteiger partial charge in [-0.2, -0.15) is 4.62 Å². The topological polar surface area (TPSA) is 64.6 Å². The molecule has 1 N–H and O–H groups in total. The van der Waals surface area contributed by atoms with E-state index in [0.29, 0.717) is 0 Å². The molecule has 0 saturated heterocycles. The van der Waals surface area contributed by atoms with Crippen molar-refractivity contribution in [2.24, 2.45) is 0 Å². The first-order valence-corrected chi connectivity index (χ1v) is 2.97. The Bertz CT molecular complexity index is 98.6. The van der Waals surface area contributed by atoms with Gasteiger partial charge in [0.15, 0.2) is 0 Å². The number of hydrogen-bond donors (Lipinski definition) is 1. The Morgan fingerprint density at radius 1 is 1.67 bits per heavy atom. The summed E-state index contributed by atoms with van der Waals surface area (Å²) in [6, 6.07) is 0. The third-order valence-electron chi connectivity index (χ3n) is 0.357. The second-order valence-electron chi connectivity index (χ2n) is 0.792. The van der Waals surface area contributed by atoms with Crippen LogP contribution in [0.25, 0.3) is 0 Å². The number of hydroxylamine groups is 1. The van der Waals surface area contributed by atoms with Gasteiger partial charge in [0.2, 0.25) is 6.41 Å². The van der Waals surface area contributed by atoms with Crippen molar-refractivity contribution in [1.82, 2.24) is 5.48 Å². The standard InChI is InChI=1S/C2H6NO4P.Na.H/c1-6-8(5)7-3-2-4;;/h2,8H,1H3,(H,3,4);;. The van der Waals surface area contributed by atoms with Crippen LogP contribution in [0.3, 0.4) is 0 Å². The van der Waals surface area contributed by atoms with Crippen molar-refractivity contribution in [2.75, 3.05) is 7.11 Å². The molecule has 7 heteroatoms. The Morgan fingerprint density at radius 3 is 2.56 bits per heavy atom. The zero-order valence-electron chi connectivity index (χ0n) is 4.21. The van der Waals surface area contributed by atoms with Crippen molar-refractivity contribution in [3.8, 4) is 0 Å². The van der Waals surface area contributed by atoms with Crippen LogP contribution in [0.4, 0.5) is 0 Å². The first kappa shape index (κ1) is 12.3. The third kappa shape index (κ3) is 8.62. The number of amides is 1. The maximum atomic E-state index is 10.1. The van der Waals surface area contributed by atoms with E-state index in [0.717, 1.165) is 0 Å². The fraction of sp³-hybridized carbons (Fsp3) is 0.500. The van der Waals surface area contributed by atoms with E-state index in [2.05, 4.69) is 9.15 Å². The summed E-state index contributed by atoms with van der Waals surface area (Å²) < 4.78 is 18.3. The summed E-state index contributed by atoms with van der Waals surface area (Å²) in [6.45, 7) is 0. The van der Waals surface area contributed by atoms with Gasteiger partial charge in [-0.15, -0.1) is 0 Å². The van der Waals surface area contributed by atoms with E-state index in [1.54, 1.807) is 5.48 Å². The third-order valence-corrected chi connectivity index (χ3v) is 0.975. The molecule has 0 bridgehead atoms. The Balaban J connectivity index is 0. The number of carbonyl (C=O) groups is 1. The van der Waals surface area contributed by atoms with E-state index in [1.165, 1.54) is 7.11 Å². The molecule has 0 aromatic rings. The summed E-state index contributed by atoms with van der Waals surface area (Å²) in [4.78, 5) is 9.41. The second kappa shape index (κ2) is 8.62. The molecular weight excluding hydrogens is 156 g/mol. The Kier molecular flexibility index (Phi) is 11.8. The zero-order valence-corrected chi connectivity index (χ0v) is 5.21. The second-order valence-corrected chi connectivity index (χ2v) is 1.90. The molecule has 1 amide bonds. The average Bonchev–Trinajstić information content (AvgIpc) is 1.83. The predicted octanol–water partition coefficient (Wildman–Crippen LogP) is -0.948. The molecule has 0 rings (SSSR count). The number of hydrogen-bond acceptors (Lipinski definition) is 4. The van der Waals surface area contributed by atoms with Crippen LogP contribution in [0, 0.1) is 0 Å². The molecule has 0 aliphatic carbocycles. The molecule has 5 nitrogen and oxygen atoms in total. The quantitative estimate of drug-likeness (QED) is 0.251. The van der Waals surface area contributed by atoms with Crippen LogP contribution in [0.15, 0.2) is 0 Å². The van der Waals surface area contributed by atoms with Gasteiger partial charge >= 0.3 is 37.8 Å². The van der Waals surface area contributed by atoms with Crippen molar-refractivity contribution in [3.63, 3.8) is 0 Å². The van der Waals surface area contributed by atoms with Gasteiger partial charge in [0.25, 0.3) is 0 Å². The van der Waals surface area contributed by atoms with Crippen molar-refractivity contribution < 1.29 is 18.5 Å². The van der Waals surface area contributed by atoms with Gasteiger partial charge in [0.05, 0.1) is 0 Å². The number of carbonyl (C=O) groups excluding carboxylic acids is 1. The average molecular weight is 163 g/mol. The summed E-state index contributed by atoms with van der Waals surface area (Å²) in [5.41, 5.74) is 1.73. The van der Waals surface area contributed by atoms with E-state index in [9.17, 15) is 9.36 Å². The minimum atomic E-state index is -2.48. The van der Waals surface area contributed by atoms with Gasteiger partial charge in [-0.05, 0) is 0 Å². The molecule has 0 heterocycles. The Hall–Kier alpha value is 0.620. The van der Waals surface area contributed by atoms with E-state index in [4.69, 9.17) is 0 Å². The summed E-state index contributed by atoms with van der Waals surface area (Å²) in [7, 11) is -1.27. The molecule has 0 aliphatic heterocycles. The molecule has 9 heavy (non-hydrogen) atoms. The SMILES string of the molecule is CO[PH](=O)ONC=O.[NaH]. The van der Waals surface area contributed by atoms with Gasteiger partial charge < -0.3 is 4.52 Å². The number of rotatable bonds is 4. The molecule has 1 unspecified atom stereocenters. The van der Waals surface area contributed by atoms with Crippen LogP contribution >= 0.6 is 8.25 Å². The van der Waals surface area contributed by atoms with Gasteiger partial charge in [-0.3, -0.25) is 9.36 Å². The van der Waals surface area contributed by atoms with E-state index in [-0.39, 0.29) is 36.0 Å². The normalized spacial score (nSPS) is 11.2.